The summed E-state index contributed by atoms with van der Waals surface area (Å²) in [7, 11) is 2.00. The summed E-state index contributed by atoms with van der Waals surface area (Å²) in [4.78, 5) is 4.13. The van der Waals surface area contributed by atoms with Gasteiger partial charge in [-0.1, -0.05) is 12.1 Å². The molecule has 1 aromatic heterocycles. The quantitative estimate of drug-likeness (QED) is 0.822. The molecule has 2 rings (SSSR count). The molecular weight excluding hydrogens is 328 g/mol. The number of nitrogens with zero attached hydrogens (tertiary/aromatic N) is 1. The summed E-state index contributed by atoms with van der Waals surface area (Å²) in [5.74, 6) is 0.889. The fourth-order valence-electron chi connectivity index (χ4n) is 1.98. The molecule has 0 fully saturated rings. The van der Waals surface area contributed by atoms with Crippen LogP contribution in [0.5, 0.6) is 5.75 Å². The topological polar surface area (TPSA) is 34.1 Å². The van der Waals surface area contributed by atoms with Crippen molar-refractivity contribution in [3.05, 3.63) is 58.3 Å². The first kappa shape index (κ1) is 16.0. The number of hydrogen-bond donors (Lipinski definition) is 1. The normalized spacial score (nSPS) is 12.1. The van der Waals surface area contributed by atoms with Crippen LogP contribution >= 0.6 is 15.9 Å². The van der Waals surface area contributed by atoms with Gasteiger partial charge in [0, 0.05) is 28.5 Å². The monoisotopic (exact) mass is 348 g/mol. The van der Waals surface area contributed by atoms with Gasteiger partial charge in [-0.2, -0.15) is 0 Å². The molecule has 0 aliphatic heterocycles. The second kappa shape index (κ2) is 8.15. The SMILES string of the molecule is CNC(C)CCc1ccc(OCc2cncc(Br)c2)cc1. The second-order valence-electron chi connectivity index (χ2n) is 5.17. The van der Waals surface area contributed by atoms with Gasteiger partial charge in [-0.05, 0) is 66.5 Å². The Morgan fingerprint density at radius 2 is 1.95 bits per heavy atom. The molecule has 1 N–H and O–H groups in total. The van der Waals surface area contributed by atoms with E-state index in [1.165, 1.54) is 5.56 Å². The second-order valence-corrected chi connectivity index (χ2v) is 6.09. The molecule has 112 valence electrons. The molecule has 1 unspecified atom stereocenters. The minimum absolute atomic E-state index is 0.530. The van der Waals surface area contributed by atoms with E-state index in [-0.39, 0.29) is 0 Å². The van der Waals surface area contributed by atoms with Gasteiger partial charge in [0.1, 0.15) is 12.4 Å². The Balaban J connectivity index is 1.85. The zero-order valence-corrected chi connectivity index (χ0v) is 14.1. The van der Waals surface area contributed by atoms with Gasteiger partial charge in [-0.3, -0.25) is 4.98 Å². The van der Waals surface area contributed by atoms with Crippen molar-refractivity contribution in [2.75, 3.05) is 7.05 Å². The molecule has 1 heterocycles. The van der Waals surface area contributed by atoms with Crippen molar-refractivity contribution in [3.63, 3.8) is 0 Å². The highest BCUT2D eigenvalue weighted by Crippen LogP contribution is 2.16. The predicted molar refractivity (Wildman–Crippen MR) is 89.6 cm³/mol. The fourth-order valence-corrected chi connectivity index (χ4v) is 2.39. The molecule has 3 nitrogen and oxygen atoms in total. The van der Waals surface area contributed by atoms with Crippen molar-refractivity contribution >= 4 is 15.9 Å². The van der Waals surface area contributed by atoms with Crippen molar-refractivity contribution in [2.24, 2.45) is 0 Å². The number of hydrogen-bond acceptors (Lipinski definition) is 3. The third-order valence-corrected chi connectivity index (χ3v) is 3.88. The van der Waals surface area contributed by atoms with Crippen LogP contribution in [0.15, 0.2) is 47.2 Å². The van der Waals surface area contributed by atoms with Crippen LogP contribution in [0.25, 0.3) is 0 Å². The van der Waals surface area contributed by atoms with E-state index >= 15 is 0 Å². The van der Waals surface area contributed by atoms with E-state index in [2.05, 4.69) is 45.3 Å². The molecule has 0 saturated carbocycles. The van der Waals surface area contributed by atoms with Crippen molar-refractivity contribution in [2.45, 2.75) is 32.4 Å². The number of nitrogens with one attached hydrogen (secondary N) is 1. The number of aryl methyl sites for hydroxylation is 1. The van der Waals surface area contributed by atoms with E-state index in [1.807, 2.05) is 31.4 Å². The minimum Gasteiger partial charge on any atom is -0.489 e. The molecule has 0 radical (unpaired) electrons. The third-order valence-electron chi connectivity index (χ3n) is 3.45. The molecular formula is C17H21BrN2O. The van der Waals surface area contributed by atoms with E-state index in [9.17, 15) is 0 Å². The first-order chi connectivity index (χ1) is 10.2. The van der Waals surface area contributed by atoms with E-state index in [0.29, 0.717) is 12.6 Å². The summed E-state index contributed by atoms with van der Waals surface area (Å²) in [5, 5.41) is 3.26. The maximum absolute atomic E-state index is 5.78. The highest BCUT2D eigenvalue weighted by atomic mass is 79.9. The van der Waals surface area contributed by atoms with Crippen LogP contribution in [0.4, 0.5) is 0 Å². The van der Waals surface area contributed by atoms with E-state index < -0.39 is 0 Å². The number of aromatic nitrogens is 1. The van der Waals surface area contributed by atoms with Crippen LogP contribution in [-0.4, -0.2) is 18.1 Å². The number of benzene rings is 1. The molecule has 0 bridgehead atoms. The van der Waals surface area contributed by atoms with E-state index in [1.54, 1.807) is 6.20 Å². The third kappa shape index (κ3) is 5.48. The van der Waals surface area contributed by atoms with Crippen LogP contribution in [-0.2, 0) is 13.0 Å². The molecule has 0 amide bonds. The van der Waals surface area contributed by atoms with Crippen molar-refractivity contribution in [1.29, 1.82) is 0 Å². The number of ether oxygens (including phenoxy) is 1. The summed E-state index contributed by atoms with van der Waals surface area (Å²) in [5.41, 5.74) is 2.39. The minimum atomic E-state index is 0.530. The number of rotatable bonds is 7. The van der Waals surface area contributed by atoms with Gasteiger partial charge in [0.2, 0.25) is 0 Å². The Kier molecular flexibility index (Phi) is 6.21. The Labute approximate surface area is 134 Å². The van der Waals surface area contributed by atoms with E-state index in [4.69, 9.17) is 4.74 Å². The summed E-state index contributed by atoms with van der Waals surface area (Å²) in [6.45, 7) is 2.73. The summed E-state index contributed by atoms with van der Waals surface area (Å²) in [6, 6.07) is 10.9. The Hall–Kier alpha value is -1.39. The Morgan fingerprint density at radius 3 is 2.62 bits per heavy atom. The maximum Gasteiger partial charge on any atom is 0.119 e. The van der Waals surface area contributed by atoms with Gasteiger partial charge in [-0.25, -0.2) is 0 Å². The number of halogens is 1. The lowest BCUT2D eigenvalue weighted by Crippen LogP contribution is -2.21. The average molecular weight is 349 g/mol. The van der Waals surface area contributed by atoms with Crippen molar-refractivity contribution in [3.8, 4) is 5.75 Å². The average Bonchev–Trinajstić information content (AvgIpc) is 2.51. The molecule has 1 atom stereocenters. The summed E-state index contributed by atoms with van der Waals surface area (Å²) < 4.78 is 6.75. The Bertz CT molecular complexity index is 557. The zero-order chi connectivity index (χ0) is 15.1. The Morgan fingerprint density at radius 1 is 1.19 bits per heavy atom. The zero-order valence-electron chi connectivity index (χ0n) is 12.5. The molecule has 0 aliphatic carbocycles. The molecule has 0 spiro atoms. The first-order valence-corrected chi connectivity index (χ1v) is 7.95. The van der Waals surface area contributed by atoms with Crippen LogP contribution in [0.2, 0.25) is 0 Å². The van der Waals surface area contributed by atoms with Crippen LogP contribution < -0.4 is 10.1 Å². The molecule has 4 heteroatoms. The van der Waals surface area contributed by atoms with Crippen molar-refractivity contribution in [1.82, 2.24) is 10.3 Å². The van der Waals surface area contributed by atoms with Gasteiger partial charge >= 0.3 is 0 Å². The lowest BCUT2D eigenvalue weighted by Gasteiger charge is -2.10. The van der Waals surface area contributed by atoms with Crippen LogP contribution in [0.1, 0.15) is 24.5 Å². The molecule has 2 aromatic rings. The van der Waals surface area contributed by atoms with Gasteiger partial charge in [0.05, 0.1) is 0 Å². The predicted octanol–water partition coefficient (Wildman–Crippen LogP) is 3.96. The smallest absolute Gasteiger partial charge is 0.119 e. The molecule has 1 aromatic carbocycles. The van der Waals surface area contributed by atoms with E-state index in [0.717, 1.165) is 28.6 Å². The maximum atomic E-state index is 5.78. The number of pyridine rings is 1. The lowest BCUT2D eigenvalue weighted by molar-refractivity contribution is 0.305. The standard InChI is InChI=1S/C17H21BrN2O/c1-13(19-2)3-4-14-5-7-17(8-6-14)21-12-15-9-16(18)11-20-10-15/h5-11,13,19H,3-4,12H2,1-2H3. The largest absolute Gasteiger partial charge is 0.489 e. The summed E-state index contributed by atoms with van der Waals surface area (Å²) >= 11 is 3.41. The highest BCUT2D eigenvalue weighted by molar-refractivity contribution is 9.10. The summed E-state index contributed by atoms with van der Waals surface area (Å²) in [6.07, 6.45) is 5.81. The van der Waals surface area contributed by atoms with Crippen LogP contribution in [0.3, 0.4) is 0 Å². The van der Waals surface area contributed by atoms with Gasteiger partial charge in [-0.15, -0.1) is 0 Å². The first-order valence-electron chi connectivity index (χ1n) is 7.16. The van der Waals surface area contributed by atoms with Gasteiger partial charge < -0.3 is 10.1 Å². The molecule has 0 saturated heterocycles. The van der Waals surface area contributed by atoms with Gasteiger partial charge in [0.15, 0.2) is 0 Å². The molecule has 21 heavy (non-hydrogen) atoms. The fraction of sp³-hybridized carbons (Fsp3) is 0.353. The molecule has 0 aliphatic rings. The highest BCUT2D eigenvalue weighted by Gasteiger charge is 2.01. The lowest BCUT2D eigenvalue weighted by atomic mass is 10.1. The van der Waals surface area contributed by atoms with Gasteiger partial charge in [0.25, 0.3) is 0 Å². The van der Waals surface area contributed by atoms with Crippen LogP contribution in [0, 0.1) is 0 Å². The van der Waals surface area contributed by atoms with Crippen molar-refractivity contribution < 1.29 is 4.74 Å².